The molecule has 0 spiro atoms. The molecule has 0 aromatic rings. The van der Waals surface area contributed by atoms with Gasteiger partial charge in [0.15, 0.2) is 0 Å². The molecule has 0 aliphatic carbocycles. The molecule has 0 saturated heterocycles. The van der Waals surface area contributed by atoms with Crippen LogP contribution in [0.1, 0.15) is 53.9 Å². The molecule has 0 aliphatic heterocycles. The smallest absolute Gasteiger partial charge is 0.0786 e. The van der Waals surface area contributed by atoms with E-state index in [1.807, 2.05) is 13.8 Å². The van der Waals surface area contributed by atoms with Gasteiger partial charge in [0, 0.05) is 0 Å². The zero-order valence-corrected chi connectivity index (χ0v) is 14.3. The van der Waals surface area contributed by atoms with Crippen LogP contribution in [-0.2, 0) is 0 Å². The third kappa shape index (κ3) is 6.55. The van der Waals surface area contributed by atoms with Crippen LogP contribution in [0.2, 0.25) is 18.6 Å². The summed E-state index contributed by atoms with van der Waals surface area (Å²) in [7, 11) is -1.41. The summed E-state index contributed by atoms with van der Waals surface area (Å²) in [5, 5.41) is 11.6. The van der Waals surface area contributed by atoms with Crippen LogP contribution in [0.4, 0.5) is 0 Å². The van der Waals surface area contributed by atoms with Gasteiger partial charge in [0.05, 0.1) is 13.7 Å². The zero-order chi connectivity index (χ0) is 14.4. The predicted molar refractivity (Wildman–Crippen MR) is 85.6 cm³/mol. The number of allylic oxidation sites excluding steroid dienone is 2. The van der Waals surface area contributed by atoms with Gasteiger partial charge in [0.25, 0.3) is 0 Å². The van der Waals surface area contributed by atoms with Gasteiger partial charge in [-0.05, 0) is 27.2 Å². The molecule has 0 rings (SSSR count). The van der Waals surface area contributed by atoms with E-state index in [0.717, 1.165) is 6.42 Å². The zero-order valence-electron chi connectivity index (χ0n) is 13.3. The van der Waals surface area contributed by atoms with Crippen molar-refractivity contribution in [3.05, 3.63) is 23.4 Å². The first-order chi connectivity index (χ1) is 8.14. The van der Waals surface area contributed by atoms with Crippen molar-refractivity contribution < 1.29 is 5.11 Å². The van der Waals surface area contributed by atoms with Gasteiger partial charge in [-0.3, -0.25) is 0 Å². The number of aliphatic hydroxyl groups is 1. The topological polar surface area (TPSA) is 20.2 Å². The summed E-state index contributed by atoms with van der Waals surface area (Å²) in [5.74, 6) is 0. The van der Waals surface area contributed by atoms with Crippen LogP contribution < -0.4 is 0 Å². The molecular formula is C16H32OSi. The van der Waals surface area contributed by atoms with Crippen LogP contribution in [0.15, 0.2) is 23.4 Å². The number of rotatable bonds is 8. The summed E-state index contributed by atoms with van der Waals surface area (Å²) in [6.07, 6.45) is 5.55. The first-order valence-electron chi connectivity index (χ1n) is 7.23. The fourth-order valence-electron chi connectivity index (χ4n) is 2.74. The average molecular weight is 269 g/mol. The van der Waals surface area contributed by atoms with Gasteiger partial charge < -0.3 is 5.11 Å². The Labute approximate surface area is 115 Å². The summed E-state index contributed by atoms with van der Waals surface area (Å²) in [6.45, 7) is 16.9. The highest BCUT2D eigenvalue weighted by molar-refractivity contribution is 6.85. The van der Waals surface area contributed by atoms with E-state index in [4.69, 9.17) is 0 Å². The Kier molecular flexibility index (Phi) is 7.16. The van der Waals surface area contributed by atoms with Crippen LogP contribution in [0.5, 0.6) is 0 Å². The van der Waals surface area contributed by atoms with Gasteiger partial charge in [-0.2, -0.15) is 0 Å². The molecule has 0 unspecified atom stereocenters. The van der Waals surface area contributed by atoms with Crippen molar-refractivity contribution in [3.63, 3.8) is 0 Å². The monoisotopic (exact) mass is 268 g/mol. The fraction of sp³-hybridized carbons (Fsp3) is 0.750. The van der Waals surface area contributed by atoms with E-state index >= 15 is 0 Å². The SMILES string of the molecule is C=C(C)CC(=CC(C)(C)O)[Si](C)(CCC)CCC. The second-order valence-corrected chi connectivity index (χ2v) is 11.3. The third-order valence-corrected chi connectivity index (χ3v) is 8.48. The van der Waals surface area contributed by atoms with Crippen LogP contribution in [0.3, 0.4) is 0 Å². The first-order valence-corrected chi connectivity index (χ1v) is 10.1. The number of hydrogen-bond donors (Lipinski definition) is 1. The summed E-state index contributed by atoms with van der Waals surface area (Å²) < 4.78 is 0. The average Bonchev–Trinajstić information content (AvgIpc) is 2.14. The van der Waals surface area contributed by atoms with Crippen LogP contribution >= 0.6 is 0 Å². The highest BCUT2D eigenvalue weighted by Crippen LogP contribution is 2.32. The van der Waals surface area contributed by atoms with Crippen LogP contribution in [0.25, 0.3) is 0 Å². The largest absolute Gasteiger partial charge is 0.386 e. The highest BCUT2D eigenvalue weighted by atomic mass is 28.3. The molecule has 1 N–H and O–H groups in total. The standard InChI is InChI=1S/C16H32OSi/c1-8-10-18(7,11-9-2)15(12-14(3)4)13-16(5,6)17/h13,17H,3,8-12H2,1-2,4-7H3. The van der Waals surface area contributed by atoms with Gasteiger partial charge in [-0.1, -0.05) is 68.7 Å². The molecule has 18 heavy (non-hydrogen) atoms. The predicted octanol–water partition coefficient (Wildman–Crippen LogP) is 5.09. The summed E-state index contributed by atoms with van der Waals surface area (Å²) in [6, 6.07) is 2.63. The molecule has 0 saturated carbocycles. The second-order valence-electron chi connectivity index (χ2n) is 6.52. The molecule has 2 heteroatoms. The molecular weight excluding hydrogens is 236 g/mol. The van der Waals surface area contributed by atoms with Gasteiger partial charge in [-0.25, -0.2) is 0 Å². The van der Waals surface area contributed by atoms with Gasteiger partial charge in [0.1, 0.15) is 0 Å². The first kappa shape index (κ1) is 17.7. The van der Waals surface area contributed by atoms with E-state index < -0.39 is 13.7 Å². The van der Waals surface area contributed by atoms with E-state index in [9.17, 15) is 5.11 Å². The van der Waals surface area contributed by atoms with Crippen molar-refractivity contribution in [2.24, 2.45) is 0 Å². The molecule has 0 heterocycles. The molecule has 0 radical (unpaired) electrons. The van der Waals surface area contributed by atoms with E-state index in [2.05, 4.69) is 40.0 Å². The second kappa shape index (κ2) is 7.30. The summed E-state index contributed by atoms with van der Waals surface area (Å²) >= 11 is 0. The molecule has 0 aliphatic rings. The molecule has 0 amide bonds. The van der Waals surface area contributed by atoms with Crippen molar-refractivity contribution in [1.82, 2.24) is 0 Å². The molecule has 0 aromatic heterocycles. The minimum absolute atomic E-state index is 0.708. The maximum Gasteiger partial charge on any atom is 0.0786 e. The van der Waals surface area contributed by atoms with Gasteiger partial charge in [0.2, 0.25) is 0 Å². The lowest BCUT2D eigenvalue weighted by Gasteiger charge is -2.32. The minimum atomic E-state index is -1.41. The van der Waals surface area contributed by atoms with Crippen molar-refractivity contribution in [3.8, 4) is 0 Å². The van der Waals surface area contributed by atoms with Crippen LogP contribution in [-0.4, -0.2) is 18.8 Å². The highest BCUT2D eigenvalue weighted by Gasteiger charge is 2.30. The Morgan fingerprint density at radius 1 is 1.22 bits per heavy atom. The van der Waals surface area contributed by atoms with Crippen LogP contribution in [0, 0.1) is 0 Å². The maximum atomic E-state index is 10.1. The molecule has 0 fully saturated rings. The molecule has 1 nitrogen and oxygen atoms in total. The summed E-state index contributed by atoms with van der Waals surface area (Å²) in [5.41, 5.74) is 0.497. The third-order valence-electron chi connectivity index (χ3n) is 3.40. The van der Waals surface area contributed by atoms with Crippen molar-refractivity contribution in [2.75, 3.05) is 0 Å². The lowest BCUT2D eigenvalue weighted by molar-refractivity contribution is 0.132. The Balaban J connectivity index is 5.36. The minimum Gasteiger partial charge on any atom is -0.386 e. The Hall–Kier alpha value is -0.343. The van der Waals surface area contributed by atoms with E-state index in [1.54, 1.807) is 0 Å². The fourth-order valence-corrected chi connectivity index (χ4v) is 7.27. The lowest BCUT2D eigenvalue weighted by atomic mass is 10.1. The van der Waals surface area contributed by atoms with Gasteiger partial charge >= 0.3 is 0 Å². The lowest BCUT2D eigenvalue weighted by Crippen LogP contribution is -2.35. The van der Waals surface area contributed by atoms with Gasteiger partial charge in [-0.15, -0.1) is 0 Å². The molecule has 0 atom stereocenters. The maximum absolute atomic E-state index is 10.1. The molecule has 0 aromatic carbocycles. The van der Waals surface area contributed by atoms with Crippen molar-refractivity contribution in [1.29, 1.82) is 0 Å². The van der Waals surface area contributed by atoms with E-state index in [1.165, 1.54) is 35.7 Å². The van der Waals surface area contributed by atoms with Crippen molar-refractivity contribution in [2.45, 2.75) is 78.1 Å². The normalized spacial score (nSPS) is 13.8. The van der Waals surface area contributed by atoms with E-state index in [0.29, 0.717) is 0 Å². The Morgan fingerprint density at radius 2 is 1.67 bits per heavy atom. The summed E-state index contributed by atoms with van der Waals surface area (Å²) in [4.78, 5) is 0. The quantitative estimate of drug-likeness (QED) is 0.480. The Morgan fingerprint density at radius 3 is 1.94 bits per heavy atom. The number of hydrogen-bond acceptors (Lipinski definition) is 1. The van der Waals surface area contributed by atoms with Crippen molar-refractivity contribution >= 4 is 8.07 Å². The Bertz CT molecular complexity index is 291. The van der Waals surface area contributed by atoms with E-state index in [-0.39, 0.29) is 0 Å². The molecule has 0 bridgehead atoms. The molecule has 106 valence electrons.